The molecule has 0 bridgehead atoms. The second-order valence-electron chi connectivity index (χ2n) is 6.45. The molecule has 8 heteroatoms. The number of halogens is 1. The minimum Gasteiger partial charge on any atom is -0.453 e. The summed E-state index contributed by atoms with van der Waals surface area (Å²) < 4.78 is 24.4. The van der Waals surface area contributed by atoms with E-state index in [9.17, 15) is 4.39 Å². The molecule has 3 aromatic rings. The maximum Gasteiger partial charge on any atom is 0.175 e. The summed E-state index contributed by atoms with van der Waals surface area (Å²) in [5.74, 6) is 1.63. The molecule has 0 radical (unpaired) electrons. The summed E-state index contributed by atoms with van der Waals surface area (Å²) in [6.45, 7) is 2.81. The second-order valence-corrected chi connectivity index (χ2v) is 7.96. The Balaban J connectivity index is 1.85. The molecule has 1 aromatic carbocycles. The third-order valence-corrected chi connectivity index (χ3v) is 5.21. The Morgan fingerprint density at radius 2 is 1.97 bits per heavy atom. The summed E-state index contributed by atoms with van der Waals surface area (Å²) in [6, 6.07) is 13.1. The van der Waals surface area contributed by atoms with Crippen LogP contribution in [0.3, 0.4) is 0 Å². The maximum atomic E-state index is 13.2. The predicted octanol–water partition coefficient (Wildman–Crippen LogP) is 5.54. The van der Waals surface area contributed by atoms with E-state index in [-0.39, 0.29) is 5.82 Å². The molecule has 0 aliphatic rings. The van der Waals surface area contributed by atoms with Crippen LogP contribution in [0.5, 0.6) is 11.5 Å². The van der Waals surface area contributed by atoms with Gasteiger partial charge in [-0.05, 0) is 48.9 Å². The highest BCUT2D eigenvalue weighted by atomic mass is 32.2. The maximum absolute atomic E-state index is 13.2. The number of hydrogen-bond acceptors (Lipinski definition) is 7. The van der Waals surface area contributed by atoms with Crippen LogP contribution >= 0.6 is 11.8 Å². The van der Waals surface area contributed by atoms with Crippen molar-refractivity contribution in [3.8, 4) is 17.6 Å². The minimum atomic E-state index is -0.336. The van der Waals surface area contributed by atoms with Crippen LogP contribution in [0.1, 0.15) is 18.9 Å². The third kappa shape index (κ3) is 6.17. The average Bonchev–Trinajstić information content (AvgIpc) is 2.76. The number of anilines is 2. The number of benzene rings is 1. The molecule has 0 amide bonds. The number of methoxy groups -OCH3 is 1. The van der Waals surface area contributed by atoms with Gasteiger partial charge in [-0.1, -0.05) is 6.92 Å². The number of ether oxygens (including phenoxy) is 2. The lowest BCUT2D eigenvalue weighted by Crippen LogP contribution is -2.03. The summed E-state index contributed by atoms with van der Waals surface area (Å²) >= 11 is 1.67. The number of hydrogen-bond donors (Lipinski definition) is 1. The van der Waals surface area contributed by atoms with Gasteiger partial charge in [-0.2, -0.15) is 5.26 Å². The van der Waals surface area contributed by atoms with E-state index in [0.29, 0.717) is 40.6 Å². The number of nitriles is 1. The van der Waals surface area contributed by atoms with Crippen LogP contribution in [0, 0.1) is 17.1 Å². The zero-order valence-corrected chi connectivity index (χ0v) is 17.4. The molecule has 3 rings (SSSR count). The molecule has 1 N–H and O–H groups in total. The Morgan fingerprint density at radius 3 is 2.63 bits per heavy atom. The molecule has 2 aromatic heterocycles. The fourth-order valence-electron chi connectivity index (χ4n) is 2.52. The predicted molar refractivity (Wildman–Crippen MR) is 115 cm³/mol. The van der Waals surface area contributed by atoms with E-state index >= 15 is 0 Å². The zero-order valence-electron chi connectivity index (χ0n) is 16.6. The lowest BCUT2D eigenvalue weighted by molar-refractivity contribution is 0.195. The minimum absolute atomic E-state index is 0.336. The van der Waals surface area contributed by atoms with Crippen LogP contribution in [-0.2, 0) is 4.74 Å². The van der Waals surface area contributed by atoms with Gasteiger partial charge in [-0.25, -0.2) is 14.4 Å². The van der Waals surface area contributed by atoms with Gasteiger partial charge in [-0.15, -0.1) is 11.8 Å². The average molecular weight is 425 g/mol. The largest absolute Gasteiger partial charge is 0.453 e. The monoisotopic (exact) mass is 424 g/mol. The Bertz CT molecular complexity index is 1010. The van der Waals surface area contributed by atoms with Crippen molar-refractivity contribution in [3.63, 3.8) is 0 Å². The van der Waals surface area contributed by atoms with Crippen LogP contribution in [0.2, 0.25) is 0 Å². The van der Waals surface area contributed by atoms with Crippen molar-refractivity contribution in [2.24, 2.45) is 0 Å². The molecule has 6 nitrogen and oxygen atoms in total. The zero-order chi connectivity index (χ0) is 21.3. The summed E-state index contributed by atoms with van der Waals surface area (Å²) in [6.07, 6.45) is 4.15. The highest BCUT2D eigenvalue weighted by Crippen LogP contribution is 2.35. The Kier molecular flexibility index (Phi) is 7.60. The van der Waals surface area contributed by atoms with Gasteiger partial charge in [0.2, 0.25) is 0 Å². The molecule has 0 fully saturated rings. The van der Waals surface area contributed by atoms with E-state index in [1.165, 1.54) is 18.3 Å². The van der Waals surface area contributed by atoms with E-state index in [0.717, 1.165) is 11.3 Å². The summed E-state index contributed by atoms with van der Waals surface area (Å²) in [5, 5.41) is 12.4. The molecule has 1 unspecified atom stereocenters. The number of nitrogens with zero attached hydrogens (tertiary/aromatic N) is 3. The number of nitrogens with one attached hydrogen (secondary N) is 1. The molecule has 0 saturated carbocycles. The van der Waals surface area contributed by atoms with Gasteiger partial charge in [0.05, 0.1) is 5.56 Å². The first-order valence-corrected chi connectivity index (χ1v) is 10.2. The molecule has 154 valence electrons. The lowest BCUT2D eigenvalue weighted by Gasteiger charge is -2.15. The number of thioether (sulfide) groups is 1. The van der Waals surface area contributed by atoms with Crippen molar-refractivity contribution < 1.29 is 13.9 Å². The third-order valence-electron chi connectivity index (χ3n) is 4.07. The molecular formula is C22H21FN4O2S. The van der Waals surface area contributed by atoms with Crippen molar-refractivity contribution in [3.05, 3.63) is 66.2 Å². The fourth-order valence-corrected chi connectivity index (χ4v) is 3.49. The highest BCUT2D eigenvalue weighted by molar-refractivity contribution is 7.99. The lowest BCUT2D eigenvalue weighted by atomic mass is 10.3. The van der Waals surface area contributed by atoms with E-state index in [1.807, 2.05) is 12.1 Å². The van der Waals surface area contributed by atoms with Crippen LogP contribution in [0.25, 0.3) is 0 Å². The van der Waals surface area contributed by atoms with Crippen molar-refractivity contribution >= 4 is 23.4 Å². The topological polar surface area (TPSA) is 80.1 Å². The first-order valence-electron chi connectivity index (χ1n) is 9.29. The van der Waals surface area contributed by atoms with Crippen molar-refractivity contribution in [1.29, 1.82) is 5.26 Å². The fraction of sp³-hybridized carbons (Fsp3) is 0.227. The van der Waals surface area contributed by atoms with E-state index < -0.39 is 0 Å². The number of aromatic nitrogens is 2. The van der Waals surface area contributed by atoms with Crippen LogP contribution in [0.4, 0.5) is 16.0 Å². The van der Waals surface area contributed by atoms with Crippen LogP contribution < -0.4 is 10.1 Å². The molecule has 30 heavy (non-hydrogen) atoms. The Morgan fingerprint density at radius 1 is 1.17 bits per heavy atom. The molecule has 0 aliphatic heterocycles. The van der Waals surface area contributed by atoms with Gasteiger partial charge in [-0.3, -0.25) is 0 Å². The summed E-state index contributed by atoms with van der Waals surface area (Å²) in [4.78, 5) is 9.65. The summed E-state index contributed by atoms with van der Waals surface area (Å²) in [7, 11) is 1.69. The summed E-state index contributed by atoms with van der Waals surface area (Å²) in [5.41, 5.74) is 0.466. The van der Waals surface area contributed by atoms with E-state index in [1.54, 1.807) is 49.3 Å². The van der Waals surface area contributed by atoms with Gasteiger partial charge in [0, 0.05) is 36.3 Å². The van der Waals surface area contributed by atoms with Crippen LogP contribution in [0.15, 0.2) is 59.8 Å². The van der Waals surface area contributed by atoms with Crippen molar-refractivity contribution in [1.82, 2.24) is 9.97 Å². The molecule has 1 atom stereocenters. The molecule has 0 saturated heterocycles. The van der Waals surface area contributed by atoms with Gasteiger partial charge in [0.1, 0.15) is 23.5 Å². The Labute approximate surface area is 179 Å². The smallest absolute Gasteiger partial charge is 0.175 e. The second kappa shape index (κ2) is 10.6. The van der Waals surface area contributed by atoms with E-state index in [4.69, 9.17) is 14.7 Å². The highest BCUT2D eigenvalue weighted by Gasteiger charge is 2.13. The van der Waals surface area contributed by atoms with Crippen LogP contribution in [-0.4, -0.2) is 28.9 Å². The normalized spacial score (nSPS) is 11.5. The number of pyridine rings is 2. The molecule has 0 spiro atoms. The standard InChI is InChI=1S/C22H21FN4O2S/c1-15(9-10-28-2)30-19-11-20(29-18-6-4-17(23)5-7-18)22(26-14-19)27-21-8-3-16(12-24)13-25-21/h3-8,11,13-15H,9-10H2,1-2H3,(H,25,26,27). The van der Waals surface area contributed by atoms with Gasteiger partial charge in [0.25, 0.3) is 0 Å². The SMILES string of the molecule is COCCC(C)Sc1cnc(Nc2ccc(C#N)cn2)c(Oc2ccc(F)cc2)c1. The van der Waals surface area contributed by atoms with Crippen molar-refractivity contribution in [2.75, 3.05) is 19.0 Å². The quantitative estimate of drug-likeness (QED) is 0.452. The first kappa shape index (κ1) is 21.6. The van der Waals surface area contributed by atoms with E-state index in [2.05, 4.69) is 22.2 Å². The first-order chi connectivity index (χ1) is 14.6. The molecule has 2 heterocycles. The number of rotatable bonds is 9. The molecular weight excluding hydrogens is 403 g/mol. The van der Waals surface area contributed by atoms with Crippen molar-refractivity contribution in [2.45, 2.75) is 23.5 Å². The molecule has 0 aliphatic carbocycles. The van der Waals surface area contributed by atoms with Gasteiger partial charge >= 0.3 is 0 Å². The van der Waals surface area contributed by atoms with Gasteiger partial charge < -0.3 is 14.8 Å². The Hall–Kier alpha value is -3.15. The van der Waals surface area contributed by atoms with Gasteiger partial charge in [0.15, 0.2) is 11.6 Å².